The molecule has 2 rings (SSSR count). The van der Waals surface area contributed by atoms with Crippen LogP contribution in [0.5, 0.6) is 0 Å². The molecule has 23 heavy (non-hydrogen) atoms. The Labute approximate surface area is 144 Å². The van der Waals surface area contributed by atoms with Gasteiger partial charge in [0.25, 0.3) is 0 Å². The predicted molar refractivity (Wildman–Crippen MR) is 98.0 cm³/mol. The molecule has 1 atom stereocenters. The highest BCUT2D eigenvalue weighted by molar-refractivity contribution is 8.00. The van der Waals surface area contributed by atoms with Crippen molar-refractivity contribution in [2.24, 2.45) is 0 Å². The molecular weight excluding hydrogens is 328 g/mol. The molecule has 0 aliphatic heterocycles. The summed E-state index contributed by atoms with van der Waals surface area (Å²) < 4.78 is 0. The van der Waals surface area contributed by atoms with Crippen molar-refractivity contribution in [1.82, 2.24) is 5.32 Å². The molecule has 0 aliphatic carbocycles. The fourth-order valence-corrected chi connectivity index (χ4v) is 3.33. The first-order valence-corrected chi connectivity index (χ1v) is 9.35. The van der Waals surface area contributed by atoms with E-state index in [2.05, 4.69) is 10.6 Å². The molecule has 2 amide bonds. The summed E-state index contributed by atoms with van der Waals surface area (Å²) in [4.78, 5) is 24.8. The normalized spacial score (nSPS) is 11.7. The average molecular weight is 348 g/mol. The third kappa shape index (κ3) is 6.08. The second-order valence-corrected chi connectivity index (χ2v) is 7.18. The van der Waals surface area contributed by atoms with Gasteiger partial charge in [-0.3, -0.25) is 9.59 Å². The van der Waals surface area contributed by atoms with E-state index in [9.17, 15) is 9.59 Å². The Bertz CT molecular complexity index is 639. The van der Waals surface area contributed by atoms with Crippen LogP contribution < -0.4 is 10.6 Å². The summed E-state index contributed by atoms with van der Waals surface area (Å²) in [6, 6.07) is 11.6. The number of aryl methyl sites for hydroxylation is 1. The summed E-state index contributed by atoms with van der Waals surface area (Å²) >= 11 is 2.93. The fraction of sp³-hybridized carbons (Fsp3) is 0.294. The van der Waals surface area contributed by atoms with Gasteiger partial charge in [-0.1, -0.05) is 23.8 Å². The van der Waals surface area contributed by atoms with E-state index in [0.29, 0.717) is 0 Å². The van der Waals surface area contributed by atoms with Crippen LogP contribution in [0.4, 0.5) is 5.69 Å². The zero-order valence-electron chi connectivity index (χ0n) is 13.2. The van der Waals surface area contributed by atoms with Crippen LogP contribution in [-0.2, 0) is 9.59 Å². The van der Waals surface area contributed by atoms with E-state index in [-0.39, 0.29) is 29.4 Å². The summed E-state index contributed by atoms with van der Waals surface area (Å²) in [6.45, 7) is 3.95. The third-order valence-electron chi connectivity index (χ3n) is 3.15. The van der Waals surface area contributed by atoms with Gasteiger partial charge in [0.05, 0.1) is 17.5 Å². The van der Waals surface area contributed by atoms with Crippen molar-refractivity contribution in [3.05, 3.63) is 52.2 Å². The van der Waals surface area contributed by atoms with Crippen LogP contribution >= 0.6 is 23.1 Å². The van der Waals surface area contributed by atoms with Crippen molar-refractivity contribution < 1.29 is 9.59 Å². The number of amides is 2. The van der Waals surface area contributed by atoms with Crippen LogP contribution in [0.15, 0.2) is 41.8 Å². The maximum Gasteiger partial charge on any atom is 0.234 e. The molecule has 2 aromatic rings. The Hall–Kier alpha value is -1.79. The lowest BCUT2D eigenvalue weighted by atomic mass is 10.2. The third-order valence-corrected chi connectivity index (χ3v) is 5.14. The zero-order chi connectivity index (χ0) is 16.7. The number of thiophene rings is 1. The fourth-order valence-electron chi connectivity index (χ4n) is 1.96. The molecule has 1 heterocycles. The summed E-state index contributed by atoms with van der Waals surface area (Å²) in [5.74, 6) is 0.378. The van der Waals surface area contributed by atoms with Gasteiger partial charge >= 0.3 is 0 Å². The standard InChI is InChI=1S/C17H20N2O2S2/c1-12-5-7-14(8-6-12)19-17(21)11-22-10-16(20)18-13(2)15-4-3-9-23-15/h3-9,13H,10-11H2,1-2H3,(H,18,20)(H,19,21). The molecule has 1 unspecified atom stereocenters. The van der Waals surface area contributed by atoms with E-state index in [1.165, 1.54) is 11.8 Å². The molecule has 0 saturated heterocycles. The molecular formula is C17H20N2O2S2. The van der Waals surface area contributed by atoms with E-state index in [4.69, 9.17) is 0 Å². The Morgan fingerprint density at radius 2 is 1.83 bits per heavy atom. The number of thioether (sulfide) groups is 1. The number of nitrogens with one attached hydrogen (secondary N) is 2. The number of anilines is 1. The van der Waals surface area contributed by atoms with Crippen LogP contribution in [-0.4, -0.2) is 23.3 Å². The molecule has 0 bridgehead atoms. The summed E-state index contributed by atoms with van der Waals surface area (Å²) in [5.41, 5.74) is 1.92. The van der Waals surface area contributed by atoms with Crippen LogP contribution in [0.25, 0.3) is 0 Å². The number of hydrogen-bond acceptors (Lipinski definition) is 4. The van der Waals surface area contributed by atoms with Gasteiger partial charge in [0.15, 0.2) is 0 Å². The zero-order valence-corrected chi connectivity index (χ0v) is 14.8. The van der Waals surface area contributed by atoms with Crippen molar-refractivity contribution in [3.8, 4) is 0 Å². The summed E-state index contributed by atoms with van der Waals surface area (Å²) in [6.07, 6.45) is 0. The Kier molecular flexibility index (Phi) is 6.67. The van der Waals surface area contributed by atoms with Gasteiger partial charge in [-0.25, -0.2) is 0 Å². The molecule has 0 saturated carbocycles. The SMILES string of the molecule is Cc1ccc(NC(=O)CSCC(=O)NC(C)c2cccs2)cc1. The molecule has 1 aromatic carbocycles. The first kappa shape index (κ1) is 17.6. The molecule has 1 aromatic heterocycles. The van der Waals surface area contributed by atoms with Crippen molar-refractivity contribution >= 4 is 40.6 Å². The highest BCUT2D eigenvalue weighted by Gasteiger charge is 2.11. The van der Waals surface area contributed by atoms with Crippen LogP contribution in [0.3, 0.4) is 0 Å². The highest BCUT2D eigenvalue weighted by Crippen LogP contribution is 2.18. The predicted octanol–water partition coefficient (Wildman–Crippen LogP) is 3.61. The largest absolute Gasteiger partial charge is 0.348 e. The quantitative estimate of drug-likeness (QED) is 0.804. The monoisotopic (exact) mass is 348 g/mol. The Morgan fingerprint density at radius 1 is 1.13 bits per heavy atom. The van der Waals surface area contributed by atoms with Crippen molar-refractivity contribution in [3.63, 3.8) is 0 Å². The van der Waals surface area contributed by atoms with Gasteiger partial charge in [0, 0.05) is 10.6 Å². The molecule has 0 fully saturated rings. The second-order valence-electron chi connectivity index (χ2n) is 5.21. The molecule has 122 valence electrons. The molecule has 0 spiro atoms. The molecule has 2 N–H and O–H groups in total. The Balaban J connectivity index is 1.66. The van der Waals surface area contributed by atoms with E-state index in [1.807, 2.05) is 55.6 Å². The van der Waals surface area contributed by atoms with Gasteiger partial charge in [0.1, 0.15) is 0 Å². The maximum atomic E-state index is 11.9. The van der Waals surface area contributed by atoms with E-state index >= 15 is 0 Å². The smallest absolute Gasteiger partial charge is 0.234 e. The molecule has 6 heteroatoms. The lowest BCUT2D eigenvalue weighted by molar-refractivity contribution is -0.119. The van der Waals surface area contributed by atoms with Crippen molar-refractivity contribution in [2.75, 3.05) is 16.8 Å². The van der Waals surface area contributed by atoms with Crippen LogP contribution in [0.1, 0.15) is 23.4 Å². The average Bonchev–Trinajstić information content (AvgIpc) is 3.04. The summed E-state index contributed by atoms with van der Waals surface area (Å²) in [5, 5.41) is 7.74. The highest BCUT2D eigenvalue weighted by atomic mass is 32.2. The lowest BCUT2D eigenvalue weighted by Crippen LogP contribution is -2.28. The second kappa shape index (κ2) is 8.74. The number of carbonyl (C=O) groups is 2. The first-order chi connectivity index (χ1) is 11.0. The van der Waals surface area contributed by atoms with Crippen LogP contribution in [0.2, 0.25) is 0 Å². The van der Waals surface area contributed by atoms with E-state index in [1.54, 1.807) is 11.3 Å². The maximum absolute atomic E-state index is 11.9. The number of hydrogen-bond donors (Lipinski definition) is 2. The van der Waals surface area contributed by atoms with Gasteiger partial charge in [-0.05, 0) is 37.4 Å². The van der Waals surface area contributed by atoms with Crippen molar-refractivity contribution in [1.29, 1.82) is 0 Å². The van der Waals surface area contributed by atoms with Gasteiger partial charge in [-0.15, -0.1) is 23.1 Å². The van der Waals surface area contributed by atoms with Gasteiger partial charge in [-0.2, -0.15) is 0 Å². The minimum Gasteiger partial charge on any atom is -0.348 e. The topological polar surface area (TPSA) is 58.2 Å². The van der Waals surface area contributed by atoms with Crippen molar-refractivity contribution in [2.45, 2.75) is 19.9 Å². The first-order valence-electron chi connectivity index (χ1n) is 7.31. The van der Waals surface area contributed by atoms with Gasteiger partial charge < -0.3 is 10.6 Å². The minimum absolute atomic E-state index is 0.00415. The minimum atomic E-state index is -0.0991. The Morgan fingerprint density at radius 3 is 2.48 bits per heavy atom. The van der Waals surface area contributed by atoms with E-state index < -0.39 is 0 Å². The van der Waals surface area contributed by atoms with Crippen LogP contribution in [0, 0.1) is 6.92 Å². The van der Waals surface area contributed by atoms with E-state index in [0.717, 1.165) is 16.1 Å². The van der Waals surface area contributed by atoms with Gasteiger partial charge in [0.2, 0.25) is 11.8 Å². The summed E-state index contributed by atoms with van der Waals surface area (Å²) in [7, 11) is 0. The number of rotatable bonds is 7. The molecule has 0 aliphatic rings. The lowest BCUT2D eigenvalue weighted by Gasteiger charge is -2.12. The molecule has 0 radical (unpaired) electrons. The molecule has 4 nitrogen and oxygen atoms in total. The number of benzene rings is 1. The number of carbonyl (C=O) groups excluding carboxylic acids is 2.